The fourth-order valence-corrected chi connectivity index (χ4v) is 2.04. The number of carboxylic acid groups (broad SMARTS) is 1. The molecule has 82 valence electrons. The Hall–Kier alpha value is -0.690. The van der Waals surface area contributed by atoms with Gasteiger partial charge >= 0.3 is 5.97 Å². The van der Waals surface area contributed by atoms with Gasteiger partial charge in [-0.25, -0.2) is 9.78 Å². The van der Waals surface area contributed by atoms with Crippen LogP contribution in [0.25, 0.3) is 0 Å². The molecule has 0 amide bonds. The number of pyridine rings is 1. The molecular formula is C10H12INO3. The molecule has 0 aliphatic rings. The van der Waals surface area contributed by atoms with E-state index in [0.717, 1.165) is 5.69 Å². The molecule has 0 radical (unpaired) electrons. The lowest BCUT2D eigenvalue weighted by atomic mass is 10.1. The Balaban J connectivity index is 3.05. The van der Waals surface area contributed by atoms with Crippen LogP contribution in [-0.4, -0.2) is 22.7 Å². The van der Waals surface area contributed by atoms with Gasteiger partial charge in [0.15, 0.2) is 6.10 Å². The second-order valence-corrected chi connectivity index (χ2v) is 4.03. The zero-order valence-electron chi connectivity index (χ0n) is 8.53. The standard InChI is InChI=1S/C10H12INO3/c1-3-15-8(10(13)14)7-5-4-6(2)12-9(7)11/h4-5,8H,3H2,1-2H3,(H,13,14). The van der Waals surface area contributed by atoms with Gasteiger partial charge in [-0.05, 0) is 42.5 Å². The molecule has 5 heteroatoms. The van der Waals surface area contributed by atoms with Crippen LogP contribution in [0.15, 0.2) is 12.1 Å². The highest BCUT2D eigenvalue weighted by Gasteiger charge is 2.22. The fourth-order valence-electron chi connectivity index (χ4n) is 1.19. The van der Waals surface area contributed by atoms with Gasteiger partial charge in [-0.3, -0.25) is 0 Å². The van der Waals surface area contributed by atoms with Crippen molar-refractivity contribution in [2.45, 2.75) is 20.0 Å². The summed E-state index contributed by atoms with van der Waals surface area (Å²) in [5.74, 6) is -0.986. The number of hydrogen-bond acceptors (Lipinski definition) is 3. The summed E-state index contributed by atoms with van der Waals surface area (Å²) in [6, 6.07) is 3.53. The lowest BCUT2D eigenvalue weighted by molar-refractivity contribution is -0.150. The maximum absolute atomic E-state index is 11.0. The van der Waals surface area contributed by atoms with Crippen molar-refractivity contribution in [3.8, 4) is 0 Å². The van der Waals surface area contributed by atoms with Gasteiger partial charge in [-0.15, -0.1) is 0 Å². The van der Waals surface area contributed by atoms with E-state index in [1.165, 1.54) is 0 Å². The average molecular weight is 321 g/mol. The quantitative estimate of drug-likeness (QED) is 0.682. The van der Waals surface area contributed by atoms with Gasteiger partial charge in [-0.2, -0.15) is 0 Å². The maximum Gasteiger partial charge on any atom is 0.337 e. The van der Waals surface area contributed by atoms with Crippen LogP contribution >= 0.6 is 22.6 Å². The summed E-state index contributed by atoms with van der Waals surface area (Å²) in [7, 11) is 0. The molecule has 0 aliphatic carbocycles. The first kappa shape index (κ1) is 12.4. The van der Waals surface area contributed by atoms with Crippen molar-refractivity contribution in [1.82, 2.24) is 4.98 Å². The molecule has 0 aromatic carbocycles. The Morgan fingerprint density at radius 2 is 2.33 bits per heavy atom. The molecule has 1 N–H and O–H groups in total. The number of carbonyl (C=O) groups is 1. The predicted octanol–water partition coefficient (Wildman–Crippen LogP) is 2.16. The molecule has 0 saturated carbocycles. The number of rotatable bonds is 4. The molecule has 1 heterocycles. The molecule has 1 aromatic heterocycles. The van der Waals surface area contributed by atoms with Crippen LogP contribution in [0.4, 0.5) is 0 Å². The number of hydrogen-bond donors (Lipinski definition) is 1. The largest absolute Gasteiger partial charge is 0.479 e. The van der Waals surface area contributed by atoms with Crippen LogP contribution in [0, 0.1) is 10.6 Å². The molecule has 1 aromatic rings. The number of ether oxygens (including phenoxy) is 1. The summed E-state index contributed by atoms with van der Waals surface area (Å²) < 4.78 is 5.84. The van der Waals surface area contributed by atoms with E-state index >= 15 is 0 Å². The van der Waals surface area contributed by atoms with E-state index in [9.17, 15) is 4.79 Å². The zero-order chi connectivity index (χ0) is 11.4. The molecule has 0 saturated heterocycles. The van der Waals surface area contributed by atoms with Crippen molar-refractivity contribution in [2.75, 3.05) is 6.61 Å². The SMILES string of the molecule is CCOC(C(=O)O)c1ccc(C)nc1I. The lowest BCUT2D eigenvalue weighted by Crippen LogP contribution is -2.17. The third-order valence-corrected chi connectivity index (χ3v) is 2.72. The summed E-state index contributed by atoms with van der Waals surface area (Å²) in [6.45, 7) is 3.99. The van der Waals surface area contributed by atoms with Crippen LogP contribution in [0.2, 0.25) is 0 Å². The summed E-state index contributed by atoms with van der Waals surface area (Å²) in [5, 5.41) is 9.00. The van der Waals surface area contributed by atoms with E-state index in [0.29, 0.717) is 15.9 Å². The van der Waals surface area contributed by atoms with E-state index in [2.05, 4.69) is 4.98 Å². The van der Waals surface area contributed by atoms with Crippen LogP contribution in [-0.2, 0) is 9.53 Å². The van der Waals surface area contributed by atoms with E-state index in [1.807, 2.05) is 29.5 Å². The highest BCUT2D eigenvalue weighted by Crippen LogP contribution is 2.22. The Labute approximate surface area is 102 Å². The smallest absolute Gasteiger partial charge is 0.337 e. The van der Waals surface area contributed by atoms with Crippen molar-refractivity contribution < 1.29 is 14.6 Å². The summed E-state index contributed by atoms with van der Waals surface area (Å²) in [6.07, 6.45) is -0.921. The monoisotopic (exact) mass is 321 g/mol. The number of aryl methyl sites for hydroxylation is 1. The van der Waals surface area contributed by atoms with Crippen LogP contribution in [0.5, 0.6) is 0 Å². The Bertz CT molecular complexity index is 368. The zero-order valence-corrected chi connectivity index (χ0v) is 10.7. The molecule has 15 heavy (non-hydrogen) atoms. The molecule has 0 bridgehead atoms. The van der Waals surface area contributed by atoms with Crippen molar-refractivity contribution in [3.05, 3.63) is 27.1 Å². The maximum atomic E-state index is 11.0. The molecule has 1 rings (SSSR count). The van der Waals surface area contributed by atoms with E-state index < -0.39 is 12.1 Å². The minimum atomic E-state index is -0.986. The first-order valence-corrected chi connectivity index (χ1v) is 5.61. The highest BCUT2D eigenvalue weighted by atomic mass is 127. The van der Waals surface area contributed by atoms with Gasteiger partial charge in [0.05, 0.1) is 0 Å². The molecule has 4 nitrogen and oxygen atoms in total. The molecule has 0 aliphatic heterocycles. The lowest BCUT2D eigenvalue weighted by Gasteiger charge is -2.13. The van der Waals surface area contributed by atoms with E-state index in [1.54, 1.807) is 19.1 Å². The molecule has 0 fully saturated rings. The second kappa shape index (κ2) is 5.41. The van der Waals surface area contributed by atoms with Crippen LogP contribution in [0.1, 0.15) is 24.3 Å². The van der Waals surface area contributed by atoms with Gasteiger partial charge in [0.2, 0.25) is 0 Å². The average Bonchev–Trinajstić information content (AvgIpc) is 2.15. The van der Waals surface area contributed by atoms with Crippen molar-refractivity contribution in [3.63, 3.8) is 0 Å². The Morgan fingerprint density at radius 1 is 1.67 bits per heavy atom. The van der Waals surface area contributed by atoms with Gasteiger partial charge < -0.3 is 9.84 Å². The second-order valence-electron chi connectivity index (χ2n) is 3.01. The third-order valence-electron chi connectivity index (χ3n) is 1.86. The summed E-state index contributed by atoms with van der Waals surface area (Å²) in [4.78, 5) is 15.2. The van der Waals surface area contributed by atoms with Crippen molar-refractivity contribution in [1.29, 1.82) is 0 Å². The summed E-state index contributed by atoms with van der Waals surface area (Å²) >= 11 is 2.02. The highest BCUT2D eigenvalue weighted by molar-refractivity contribution is 14.1. The third kappa shape index (κ3) is 3.13. The Morgan fingerprint density at radius 3 is 2.80 bits per heavy atom. The van der Waals surface area contributed by atoms with Gasteiger partial charge in [-0.1, -0.05) is 6.07 Å². The first-order chi connectivity index (χ1) is 7.06. The molecule has 1 unspecified atom stereocenters. The van der Waals surface area contributed by atoms with Crippen LogP contribution < -0.4 is 0 Å². The van der Waals surface area contributed by atoms with Crippen LogP contribution in [0.3, 0.4) is 0 Å². The van der Waals surface area contributed by atoms with Gasteiger partial charge in [0, 0.05) is 17.9 Å². The minimum absolute atomic E-state index is 0.362. The number of carboxylic acids is 1. The van der Waals surface area contributed by atoms with E-state index in [4.69, 9.17) is 9.84 Å². The normalized spacial score (nSPS) is 12.5. The minimum Gasteiger partial charge on any atom is -0.479 e. The Kier molecular flexibility index (Phi) is 4.46. The number of aliphatic carboxylic acids is 1. The first-order valence-electron chi connectivity index (χ1n) is 4.53. The van der Waals surface area contributed by atoms with Crippen molar-refractivity contribution >= 4 is 28.6 Å². The van der Waals surface area contributed by atoms with E-state index in [-0.39, 0.29) is 0 Å². The predicted molar refractivity (Wildman–Crippen MR) is 63.7 cm³/mol. The molecule has 1 atom stereocenters. The topological polar surface area (TPSA) is 59.4 Å². The number of nitrogens with zero attached hydrogens (tertiary/aromatic N) is 1. The van der Waals surface area contributed by atoms with Crippen molar-refractivity contribution in [2.24, 2.45) is 0 Å². The fraction of sp³-hybridized carbons (Fsp3) is 0.400. The number of halogens is 1. The molecular weight excluding hydrogens is 309 g/mol. The molecule has 0 spiro atoms. The summed E-state index contributed by atoms with van der Waals surface area (Å²) in [5.41, 5.74) is 1.47. The van der Waals surface area contributed by atoms with Gasteiger partial charge in [0.1, 0.15) is 3.70 Å². The van der Waals surface area contributed by atoms with Gasteiger partial charge in [0.25, 0.3) is 0 Å². The number of aromatic nitrogens is 1.